The van der Waals surface area contributed by atoms with Crippen LogP contribution in [0.1, 0.15) is 19.3 Å². The van der Waals surface area contributed by atoms with E-state index in [0.717, 1.165) is 0 Å². The van der Waals surface area contributed by atoms with Gasteiger partial charge in [-0.15, -0.1) is 6.42 Å². The van der Waals surface area contributed by atoms with Crippen molar-refractivity contribution in [3.63, 3.8) is 0 Å². The van der Waals surface area contributed by atoms with Gasteiger partial charge in [0.2, 0.25) is 5.91 Å². The summed E-state index contributed by atoms with van der Waals surface area (Å²) in [6, 6.07) is 0. The molecule has 0 atom stereocenters. The summed E-state index contributed by atoms with van der Waals surface area (Å²) in [7, 11) is 1.78. The lowest BCUT2D eigenvalue weighted by molar-refractivity contribution is -0.130. The second-order valence-electron chi connectivity index (χ2n) is 3.71. The lowest BCUT2D eigenvalue weighted by Gasteiger charge is -2.23. The first-order valence-corrected chi connectivity index (χ1v) is 6.14. The molecule has 0 N–H and O–H groups in total. The predicted molar refractivity (Wildman–Crippen MR) is 61.1 cm³/mol. The number of hydrogen-bond acceptors (Lipinski definition) is 2. The molecule has 1 aliphatic rings. The molecule has 1 heterocycles. The topological polar surface area (TPSA) is 20.3 Å². The lowest BCUT2D eigenvalue weighted by atomic mass is 9.98. The maximum absolute atomic E-state index is 11.6. The smallest absolute Gasteiger partial charge is 0.223 e. The molecule has 78 valence electrons. The van der Waals surface area contributed by atoms with Crippen LogP contribution < -0.4 is 0 Å². The van der Waals surface area contributed by atoms with Crippen molar-refractivity contribution in [3.05, 3.63) is 0 Å². The molecule has 14 heavy (non-hydrogen) atoms. The molecule has 0 spiro atoms. The summed E-state index contributed by atoms with van der Waals surface area (Å²) < 4.78 is 0. The van der Waals surface area contributed by atoms with Gasteiger partial charge in [0.1, 0.15) is 0 Å². The van der Waals surface area contributed by atoms with E-state index in [1.807, 2.05) is 11.8 Å². The number of amides is 1. The SMILES string of the molecule is C#CCN(C)C(=O)CC1CCSCC1. The van der Waals surface area contributed by atoms with E-state index in [1.165, 1.54) is 24.3 Å². The van der Waals surface area contributed by atoms with Crippen LogP contribution >= 0.6 is 11.8 Å². The number of terminal acetylenes is 1. The minimum Gasteiger partial charge on any atom is -0.335 e. The number of nitrogens with zero attached hydrogens (tertiary/aromatic N) is 1. The van der Waals surface area contributed by atoms with Gasteiger partial charge < -0.3 is 4.90 Å². The summed E-state index contributed by atoms with van der Waals surface area (Å²) in [6.45, 7) is 0.431. The van der Waals surface area contributed by atoms with Gasteiger partial charge in [0.15, 0.2) is 0 Å². The van der Waals surface area contributed by atoms with E-state index in [9.17, 15) is 4.79 Å². The van der Waals surface area contributed by atoms with Crippen LogP contribution in [0.15, 0.2) is 0 Å². The van der Waals surface area contributed by atoms with Crippen LogP contribution in [0.2, 0.25) is 0 Å². The summed E-state index contributed by atoms with van der Waals surface area (Å²) in [4.78, 5) is 13.3. The van der Waals surface area contributed by atoms with Crippen LogP contribution in [-0.2, 0) is 4.79 Å². The third-order valence-corrected chi connectivity index (χ3v) is 3.61. The average molecular weight is 211 g/mol. The normalized spacial score (nSPS) is 17.4. The maximum Gasteiger partial charge on any atom is 0.223 e. The van der Waals surface area contributed by atoms with Gasteiger partial charge in [-0.25, -0.2) is 0 Å². The van der Waals surface area contributed by atoms with E-state index in [4.69, 9.17) is 6.42 Å². The molecule has 0 aliphatic carbocycles. The van der Waals surface area contributed by atoms with Crippen LogP contribution in [0.25, 0.3) is 0 Å². The molecular formula is C11H17NOS. The van der Waals surface area contributed by atoms with Crippen LogP contribution in [0, 0.1) is 18.3 Å². The maximum atomic E-state index is 11.6. The second-order valence-corrected chi connectivity index (χ2v) is 4.94. The van der Waals surface area contributed by atoms with Crippen molar-refractivity contribution in [2.75, 3.05) is 25.1 Å². The highest BCUT2D eigenvalue weighted by Gasteiger charge is 2.18. The highest BCUT2D eigenvalue weighted by Crippen LogP contribution is 2.25. The first kappa shape index (κ1) is 11.5. The monoisotopic (exact) mass is 211 g/mol. The number of carbonyl (C=O) groups is 1. The number of hydrogen-bond donors (Lipinski definition) is 0. The molecule has 0 bridgehead atoms. The Labute approximate surface area is 90.4 Å². The van der Waals surface area contributed by atoms with Gasteiger partial charge in [-0.05, 0) is 30.3 Å². The second kappa shape index (κ2) is 5.98. The largest absolute Gasteiger partial charge is 0.335 e. The highest BCUT2D eigenvalue weighted by molar-refractivity contribution is 7.99. The Hall–Kier alpha value is -0.620. The average Bonchev–Trinajstić information content (AvgIpc) is 2.19. The Kier molecular flexibility index (Phi) is 4.89. The van der Waals surface area contributed by atoms with Crippen molar-refractivity contribution in [3.8, 4) is 12.3 Å². The molecule has 3 heteroatoms. The van der Waals surface area contributed by atoms with Gasteiger partial charge in [0.25, 0.3) is 0 Å². The Morgan fingerprint density at radius 1 is 1.57 bits per heavy atom. The van der Waals surface area contributed by atoms with Gasteiger partial charge in [-0.3, -0.25) is 4.79 Å². The van der Waals surface area contributed by atoms with Crippen molar-refractivity contribution in [2.45, 2.75) is 19.3 Å². The Morgan fingerprint density at radius 2 is 2.21 bits per heavy atom. The molecule has 0 aromatic heterocycles. The first-order valence-electron chi connectivity index (χ1n) is 4.99. The Bertz CT molecular complexity index is 228. The highest BCUT2D eigenvalue weighted by atomic mass is 32.2. The third kappa shape index (κ3) is 3.63. The molecule has 1 fully saturated rings. The van der Waals surface area contributed by atoms with Crippen LogP contribution in [-0.4, -0.2) is 35.9 Å². The summed E-state index contributed by atoms with van der Waals surface area (Å²) in [5.41, 5.74) is 0. The van der Waals surface area contributed by atoms with Crippen molar-refractivity contribution in [1.82, 2.24) is 4.90 Å². The molecular weight excluding hydrogens is 194 g/mol. The molecule has 0 aromatic rings. The van der Waals surface area contributed by atoms with Crippen molar-refractivity contribution in [2.24, 2.45) is 5.92 Å². The molecule has 0 saturated carbocycles. The molecule has 0 aromatic carbocycles. The molecule has 1 rings (SSSR count). The molecule has 1 aliphatic heterocycles. The summed E-state index contributed by atoms with van der Waals surface area (Å²) in [5, 5.41) is 0. The third-order valence-electron chi connectivity index (χ3n) is 2.56. The predicted octanol–water partition coefficient (Wildman–Crippen LogP) is 1.61. The van der Waals surface area contributed by atoms with Crippen LogP contribution in [0.3, 0.4) is 0 Å². The van der Waals surface area contributed by atoms with Gasteiger partial charge in [-0.2, -0.15) is 11.8 Å². The minimum atomic E-state index is 0.194. The summed E-state index contributed by atoms with van der Waals surface area (Å²) in [6.07, 6.45) is 8.19. The van der Waals surface area contributed by atoms with Crippen molar-refractivity contribution < 1.29 is 4.79 Å². The fourth-order valence-electron chi connectivity index (χ4n) is 1.58. The van der Waals surface area contributed by atoms with Gasteiger partial charge in [-0.1, -0.05) is 5.92 Å². The van der Waals surface area contributed by atoms with Crippen LogP contribution in [0.4, 0.5) is 0 Å². The van der Waals surface area contributed by atoms with E-state index >= 15 is 0 Å². The number of carbonyl (C=O) groups excluding carboxylic acids is 1. The first-order chi connectivity index (χ1) is 6.74. The molecule has 2 nitrogen and oxygen atoms in total. The zero-order chi connectivity index (χ0) is 10.4. The fourth-order valence-corrected chi connectivity index (χ4v) is 2.78. The fraction of sp³-hybridized carbons (Fsp3) is 0.727. The Balaban J connectivity index is 2.28. The number of rotatable bonds is 3. The van der Waals surface area contributed by atoms with Crippen molar-refractivity contribution in [1.29, 1.82) is 0 Å². The standard InChI is InChI=1S/C11H17NOS/c1-3-6-12(2)11(13)9-10-4-7-14-8-5-10/h1,10H,4-9H2,2H3. The zero-order valence-electron chi connectivity index (χ0n) is 8.66. The van der Waals surface area contributed by atoms with E-state index in [-0.39, 0.29) is 5.91 Å². The van der Waals surface area contributed by atoms with Gasteiger partial charge >= 0.3 is 0 Å². The molecule has 1 saturated heterocycles. The van der Waals surface area contributed by atoms with E-state index in [2.05, 4.69) is 5.92 Å². The summed E-state index contributed by atoms with van der Waals surface area (Å²) in [5.74, 6) is 5.68. The summed E-state index contributed by atoms with van der Waals surface area (Å²) >= 11 is 1.99. The molecule has 0 unspecified atom stereocenters. The van der Waals surface area contributed by atoms with E-state index < -0.39 is 0 Å². The Morgan fingerprint density at radius 3 is 2.79 bits per heavy atom. The quantitative estimate of drug-likeness (QED) is 0.661. The zero-order valence-corrected chi connectivity index (χ0v) is 9.48. The van der Waals surface area contributed by atoms with E-state index in [0.29, 0.717) is 18.9 Å². The lowest BCUT2D eigenvalue weighted by Crippen LogP contribution is -2.29. The number of thioether (sulfide) groups is 1. The van der Waals surface area contributed by atoms with Gasteiger partial charge in [0.05, 0.1) is 6.54 Å². The van der Waals surface area contributed by atoms with E-state index in [1.54, 1.807) is 11.9 Å². The minimum absolute atomic E-state index is 0.194. The van der Waals surface area contributed by atoms with Gasteiger partial charge in [0, 0.05) is 13.5 Å². The molecule has 1 amide bonds. The molecule has 0 radical (unpaired) electrons. The van der Waals surface area contributed by atoms with Crippen LogP contribution in [0.5, 0.6) is 0 Å². The van der Waals surface area contributed by atoms with Crippen molar-refractivity contribution >= 4 is 17.7 Å².